The fourth-order valence-electron chi connectivity index (χ4n) is 3.33. The predicted molar refractivity (Wildman–Crippen MR) is 93.0 cm³/mol. The van der Waals surface area contributed by atoms with Crippen molar-refractivity contribution < 1.29 is 9.18 Å². The van der Waals surface area contributed by atoms with Crippen molar-refractivity contribution in [2.24, 2.45) is 7.05 Å². The van der Waals surface area contributed by atoms with Gasteiger partial charge in [-0.15, -0.1) is 11.3 Å². The van der Waals surface area contributed by atoms with Crippen molar-refractivity contribution in [1.29, 1.82) is 0 Å². The van der Waals surface area contributed by atoms with Gasteiger partial charge in [0.2, 0.25) is 0 Å². The summed E-state index contributed by atoms with van der Waals surface area (Å²) in [5.74, 6) is -0.128. The van der Waals surface area contributed by atoms with Crippen LogP contribution in [-0.4, -0.2) is 45.9 Å². The molecule has 0 radical (unpaired) electrons. The standard InChI is InChI=1S/C17H23FN4OS/c1-11-16(12(2)21(3)20-11)17(23)19-8-14-7-13(18)9-22(14)10-15-5-4-6-24-15/h4-6,13-14H,7-10H2,1-3H3,(H,19,23)/t13-,14-/m0/s1. The number of aromatic nitrogens is 2. The lowest BCUT2D eigenvalue weighted by Gasteiger charge is -2.23. The maximum atomic E-state index is 13.9. The summed E-state index contributed by atoms with van der Waals surface area (Å²) in [6, 6.07) is 4.10. The van der Waals surface area contributed by atoms with Gasteiger partial charge in [0, 0.05) is 43.3 Å². The number of halogens is 1. The van der Waals surface area contributed by atoms with Crippen molar-refractivity contribution >= 4 is 17.2 Å². The summed E-state index contributed by atoms with van der Waals surface area (Å²) >= 11 is 1.68. The van der Waals surface area contributed by atoms with E-state index in [2.05, 4.69) is 21.4 Å². The molecule has 130 valence electrons. The lowest BCUT2D eigenvalue weighted by molar-refractivity contribution is 0.0938. The number of nitrogens with zero attached hydrogens (tertiary/aromatic N) is 3. The van der Waals surface area contributed by atoms with Crippen LogP contribution in [0.1, 0.15) is 33.0 Å². The van der Waals surface area contributed by atoms with Crippen molar-refractivity contribution in [3.63, 3.8) is 0 Å². The van der Waals surface area contributed by atoms with Crippen LogP contribution in [0.25, 0.3) is 0 Å². The molecule has 1 amide bonds. The summed E-state index contributed by atoms with van der Waals surface area (Å²) < 4.78 is 15.6. The smallest absolute Gasteiger partial charge is 0.255 e. The zero-order chi connectivity index (χ0) is 17.3. The number of carbonyl (C=O) groups is 1. The highest BCUT2D eigenvalue weighted by molar-refractivity contribution is 7.09. The molecule has 2 aromatic rings. The minimum atomic E-state index is -0.825. The van der Waals surface area contributed by atoms with Crippen LogP contribution in [0.2, 0.25) is 0 Å². The summed E-state index contributed by atoms with van der Waals surface area (Å²) in [6.07, 6.45) is -0.356. The molecule has 1 fully saturated rings. The molecular weight excluding hydrogens is 327 g/mol. The maximum Gasteiger partial charge on any atom is 0.255 e. The Hall–Kier alpha value is -1.73. The number of carbonyl (C=O) groups excluding carboxylic acids is 1. The summed E-state index contributed by atoms with van der Waals surface area (Å²) in [6.45, 7) is 5.34. The Labute approximate surface area is 145 Å². The van der Waals surface area contributed by atoms with E-state index in [0.29, 0.717) is 25.1 Å². The second-order valence-corrected chi connectivity index (χ2v) is 7.41. The number of likely N-dealkylation sites (tertiary alicyclic amines) is 1. The van der Waals surface area contributed by atoms with E-state index >= 15 is 0 Å². The molecule has 1 aliphatic rings. The molecule has 2 aromatic heterocycles. The van der Waals surface area contributed by atoms with Crippen molar-refractivity contribution in [2.75, 3.05) is 13.1 Å². The SMILES string of the molecule is Cc1nn(C)c(C)c1C(=O)NC[C@@H]1C[C@H](F)CN1Cc1cccs1. The number of amides is 1. The van der Waals surface area contributed by atoms with Gasteiger partial charge in [-0.05, 0) is 31.7 Å². The predicted octanol–water partition coefficient (Wildman–Crippen LogP) is 2.44. The lowest BCUT2D eigenvalue weighted by atomic mass is 10.1. The lowest BCUT2D eigenvalue weighted by Crippen LogP contribution is -2.40. The van der Waals surface area contributed by atoms with E-state index in [0.717, 1.165) is 17.9 Å². The fraction of sp³-hybridized carbons (Fsp3) is 0.529. The first-order valence-corrected chi connectivity index (χ1v) is 9.02. The summed E-state index contributed by atoms with van der Waals surface area (Å²) in [5, 5.41) is 9.27. The van der Waals surface area contributed by atoms with Crippen LogP contribution in [0.15, 0.2) is 17.5 Å². The van der Waals surface area contributed by atoms with Crippen LogP contribution in [0.5, 0.6) is 0 Å². The Morgan fingerprint density at radius 3 is 2.92 bits per heavy atom. The highest BCUT2D eigenvalue weighted by Crippen LogP contribution is 2.24. The Morgan fingerprint density at radius 2 is 2.29 bits per heavy atom. The maximum absolute atomic E-state index is 13.9. The van der Waals surface area contributed by atoms with Crippen LogP contribution in [0.4, 0.5) is 4.39 Å². The third-order valence-electron chi connectivity index (χ3n) is 4.65. The molecule has 3 heterocycles. The molecule has 0 unspecified atom stereocenters. The molecule has 0 aromatic carbocycles. The van der Waals surface area contributed by atoms with Gasteiger partial charge >= 0.3 is 0 Å². The number of hydrogen-bond donors (Lipinski definition) is 1. The van der Waals surface area contributed by atoms with E-state index < -0.39 is 6.17 Å². The van der Waals surface area contributed by atoms with E-state index in [-0.39, 0.29) is 11.9 Å². The minimum Gasteiger partial charge on any atom is -0.350 e. The highest BCUT2D eigenvalue weighted by atomic mass is 32.1. The molecular formula is C17H23FN4OS. The third kappa shape index (κ3) is 3.52. The highest BCUT2D eigenvalue weighted by Gasteiger charge is 2.32. The number of alkyl halides is 1. The normalized spacial score (nSPS) is 21.3. The first-order chi connectivity index (χ1) is 11.5. The molecule has 7 heteroatoms. The molecule has 0 aliphatic carbocycles. The van der Waals surface area contributed by atoms with Gasteiger partial charge in [-0.3, -0.25) is 14.4 Å². The molecule has 5 nitrogen and oxygen atoms in total. The Balaban J connectivity index is 1.63. The average Bonchev–Trinajstić information content (AvgIpc) is 3.20. The van der Waals surface area contributed by atoms with E-state index in [1.165, 1.54) is 4.88 Å². The average molecular weight is 350 g/mol. The molecule has 3 rings (SSSR count). The number of aryl methyl sites for hydroxylation is 2. The van der Waals surface area contributed by atoms with Gasteiger partial charge in [0.05, 0.1) is 11.3 Å². The zero-order valence-corrected chi connectivity index (χ0v) is 15.1. The molecule has 0 spiro atoms. The van der Waals surface area contributed by atoms with Gasteiger partial charge in [0.15, 0.2) is 0 Å². The second kappa shape index (κ2) is 7.03. The fourth-order valence-corrected chi connectivity index (χ4v) is 4.06. The van der Waals surface area contributed by atoms with Crippen LogP contribution in [0.3, 0.4) is 0 Å². The van der Waals surface area contributed by atoms with E-state index in [4.69, 9.17) is 0 Å². The zero-order valence-electron chi connectivity index (χ0n) is 14.3. The summed E-state index contributed by atoms with van der Waals surface area (Å²) in [5.41, 5.74) is 2.19. The van der Waals surface area contributed by atoms with E-state index in [1.54, 1.807) is 16.0 Å². The van der Waals surface area contributed by atoms with Gasteiger partial charge in [0.25, 0.3) is 5.91 Å². The van der Waals surface area contributed by atoms with Gasteiger partial charge in [-0.1, -0.05) is 6.07 Å². The van der Waals surface area contributed by atoms with Crippen LogP contribution in [0, 0.1) is 13.8 Å². The first-order valence-electron chi connectivity index (χ1n) is 8.14. The van der Waals surface area contributed by atoms with Crippen molar-refractivity contribution in [3.8, 4) is 0 Å². The van der Waals surface area contributed by atoms with Crippen molar-refractivity contribution in [3.05, 3.63) is 39.3 Å². The van der Waals surface area contributed by atoms with Gasteiger partial charge < -0.3 is 5.32 Å². The number of thiophene rings is 1. The Bertz CT molecular complexity index is 712. The topological polar surface area (TPSA) is 50.2 Å². The van der Waals surface area contributed by atoms with Crippen molar-refractivity contribution in [2.45, 2.75) is 39.0 Å². The molecule has 1 N–H and O–H groups in total. The molecule has 2 atom stereocenters. The summed E-state index contributed by atoms with van der Waals surface area (Å²) in [7, 11) is 1.83. The van der Waals surface area contributed by atoms with E-state index in [1.807, 2.05) is 32.3 Å². The second-order valence-electron chi connectivity index (χ2n) is 6.38. The van der Waals surface area contributed by atoms with Crippen LogP contribution in [-0.2, 0) is 13.6 Å². The quantitative estimate of drug-likeness (QED) is 0.901. The van der Waals surface area contributed by atoms with Gasteiger partial charge in [0.1, 0.15) is 6.17 Å². The molecule has 1 aliphatic heterocycles. The summed E-state index contributed by atoms with van der Waals surface area (Å²) in [4.78, 5) is 15.8. The van der Waals surface area contributed by atoms with Gasteiger partial charge in [-0.25, -0.2) is 4.39 Å². The largest absolute Gasteiger partial charge is 0.350 e. The number of nitrogens with one attached hydrogen (secondary N) is 1. The van der Waals surface area contributed by atoms with Crippen LogP contribution >= 0.6 is 11.3 Å². The van der Waals surface area contributed by atoms with Gasteiger partial charge in [-0.2, -0.15) is 5.10 Å². The first kappa shape index (κ1) is 17.1. The number of hydrogen-bond acceptors (Lipinski definition) is 4. The molecule has 24 heavy (non-hydrogen) atoms. The number of rotatable bonds is 5. The monoisotopic (exact) mass is 350 g/mol. The molecule has 0 saturated carbocycles. The van der Waals surface area contributed by atoms with Crippen LogP contribution < -0.4 is 5.32 Å². The molecule has 0 bridgehead atoms. The Morgan fingerprint density at radius 1 is 1.50 bits per heavy atom. The third-order valence-corrected chi connectivity index (χ3v) is 5.51. The minimum absolute atomic E-state index is 0.0309. The molecule has 1 saturated heterocycles. The van der Waals surface area contributed by atoms with Crippen molar-refractivity contribution in [1.82, 2.24) is 20.0 Å². The van der Waals surface area contributed by atoms with E-state index in [9.17, 15) is 9.18 Å². The Kier molecular flexibility index (Phi) is 5.01.